The average molecular weight is 371 g/mol. The van der Waals surface area contributed by atoms with Crippen LogP contribution in [0.3, 0.4) is 0 Å². The van der Waals surface area contributed by atoms with Crippen LogP contribution >= 0.6 is 11.6 Å². The van der Waals surface area contributed by atoms with Crippen LogP contribution in [0.15, 0.2) is 30.3 Å². The number of unbranched alkanes of at least 4 members (excludes halogenated alkanes) is 2. The van der Waals surface area contributed by atoms with Gasteiger partial charge in [0.2, 0.25) is 0 Å². The number of aryl methyl sites for hydroxylation is 1. The first-order valence-corrected chi connectivity index (χ1v) is 9.28. The van der Waals surface area contributed by atoms with E-state index in [1.165, 1.54) is 0 Å². The van der Waals surface area contributed by atoms with E-state index in [1.54, 1.807) is 6.07 Å². The van der Waals surface area contributed by atoms with Gasteiger partial charge in [-0.1, -0.05) is 49.6 Å². The van der Waals surface area contributed by atoms with Crippen molar-refractivity contribution in [1.82, 2.24) is 19.9 Å². The van der Waals surface area contributed by atoms with Crippen LogP contribution in [0.1, 0.15) is 42.5 Å². The fourth-order valence-electron chi connectivity index (χ4n) is 2.91. The van der Waals surface area contributed by atoms with Gasteiger partial charge in [-0.2, -0.15) is 0 Å². The molecule has 2 aromatic heterocycles. The number of amides is 1. The molecule has 1 N–H and O–H groups in total. The molecule has 0 fully saturated rings. The maximum absolute atomic E-state index is 12.6. The fraction of sp³-hybridized carbons (Fsp3) is 0.350. The smallest absolute Gasteiger partial charge is 0.269 e. The monoisotopic (exact) mass is 370 g/mol. The van der Waals surface area contributed by atoms with Crippen LogP contribution in [-0.2, 0) is 7.05 Å². The molecule has 0 saturated carbocycles. The number of pyridine rings is 1. The quantitative estimate of drug-likeness (QED) is 0.649. The normalized spacial score (nSPS) is 11.1. The average Bonchev–Trinajstić information content (AvgIpc) is 2.91. The second kappa shape index (κ2) is 7.87. The van der Waals surface area contributed by atoms with Crippen LogP contribution in [0.2, 0.25) is 5.15 Å². The Hall–Kier alpha value is -2.40. The number of halogens is 1. The number of hydrogen-bond donors (Lipinski definition) is 1. The molecular weight excluding hydrogens is 348 g/mol. The van der Waals surface area contributed by atoms with Gasteiger partial charge in [-0.05, 0) is 25.5 Å². The number of carbonyl (C=O) groups is 1. The fourth-order valence-corrected chi connectivity index (χ4v) is 3.18. The molecule has 6 heteroatoms. The molecule has 0 saturated heterocycles. The number of hydrogen-bond acceptors (Lipinski definition) is 3. The van der Waals surface area contributed by atoms with Crippen LogP contribution in [0, 0.1) is 6.92 Å². The van der Waals surface area contributed by atoms with Gasteiger partial charge in [0, 0.05) is 24.5 Å². The Labute approximate surface area is 158 Å². The van der Waals surface area contributed by atoms with Crippen LogP contribution in [0.5, 0.6) is 0 Å². The summed E-state index contributed by atoms with van der Waals surface area (Å²) in [5.41, 5.74) is 2.63. The van der Waals surface area contributed by atoms with Crippen LogP contribution in [0.4, 0.5) is 0 Å². The van der Waals surface area contributed by atoms with Gasteiger partial charge in [0.05, 0.1) is 5.52 Å². The number of nitrogens with one attached hydrogen (secondary N) is 1. The van der Waals surface area contributed by atoms with Crippen molar-refractivity contribution in [2.45, 2.75) is 33.1 Å². The van der Waals surface area contributed by atoms with Crippen molar-refractivity contribution >= 4 is 28.4 Å². The molecule has 5 nitrogen and oxygen atoms in total. The first-order chi connectivity index (χ1) is 12.5. The Balaban J connectivity index is 2.04. The van der Waals surface area contributed by atoms with E-state index in [9.17, 15) is 4.79 Å². The molecule has 2 heterocycles. The molecule has 136 valence electrons. The highest BCUT2D eigenvalue weighted by Gasteiger charge is 2.18. The highest BCUT2D eigenvalue weighted by atomic mass is 35.5. The lowest BCUT2D eigenvalue weighted by Gasteiger charge is -2.09. The van der Waals surface area contributed by atoms with Crippen molar-refractivity contribution < 1.29 is 4.79 Å². The molecule has 0 unspecified atom stereocenters. The van der Waals surface area contributed by atoms with Crippen LogP contribution in [-0.4, -0.2) is 27.0 Å². The van der Waals surface area contributed by atoms with Gasteiger partial charge in [-0.25, -0.2) is 9.97 Å². The first kappa shape index (κ1) is 18.4. The molecule has 3 rings (SSSR count). The molecule has 0 spiro atoms. The SMILES string of the molecule is CCCCCNC(=O)c1cc(-c2nc(C)n(C)c2Cl)c2ccccc2n1. The number of aromatic nitrogens is 3. The highest BCUT2D eigenvalue weighted by molar-refractivity contribution is 6.32. The first-order valence-electron chi connectivity index (χ1n) is 8.90. The van der Waals surface area contributed by atoms with Crippen molar-refractivity contribution in [3.05, 3.63) is 47.0 Å². The van der Waals surface area contributed by atoms with E-state index >= 15 is 0 Å². The molecular formula is C20H23ClN4O. The Morgan fingerprint density at radius 3 is 2.69 bits per heavy atom. The van der Waals surface area contributed by atoms with Gasteiger partial charge in [-0.15, -0.1) is 0 Å². The Kier molecular flexibility index (Phi) is 5.57. The lowest BCUT2D eigenvalue weighted by molar-refractivity contribution is 0.0948. The van der Waals surface area contributed by atoms with Crippen LogP contribution in [0.25, 0.3) is 22.2 Å². The molecule has 1 aromatic carbocycles. The minimum absolute atomic E-state index is 0.170. The summed E-state index contributed by atoms with van der Waals surface area (Å²) in [6.07, 6.45) is 3.18. The second-order valence-corrected chi connectivity index (χ2v) is 6.75. The number of carbonyl (C=O) groups excluding carboxylic acids is 1. The molecule has 0 atom stereocenters. The molecule has 0 bridgehead atoms. The number of benzene rings is 1. The van der Waals surface area contributed by atoms with E-state index in [1.807, 2.05) is 42.8 Å². The van der Waals surface area contributed by atoms with Crippen molar-refractivity contribution in [3.63, 3.8) is 0 Å². The zero-order valence-corrected chi connectivity index (χ0v) is 16.1. The minimum Gasteiger partial charge on any atom is -0.351 e. The summed E-state index contributed by atoms with van der Waals surface area (Å²) in [6.45, 7) is 4.69. The largest absolute Gasteiger partial charge is 0.351 e. The van der Waals surface area contributed by atoms with Crippen molar-refractivity contribution in [3.8, 4) is 11.3 Å². The van der Waals surface area contributed by atoms with Gasteiger partial charge in [-0.3, -0.25) is 4.79 Å². The zero-order valence-electron chi connectivity index (χ0n) is 15.3. The number of para-hydroxylation sites is 1. The Morgan fingerprint density at radius 2 is 2.00 bits per heavy atom. The van der Waals surface area contributed by atoms with E-state index in [0.29, 0.717) is 23.1 Å². The Bertz CT molecular complexity index is 948. The molecule has 1 amide bonds. The summed E-state index contributed by atoms with van der Waals surface area (Å²) < 4.78 is 1.83. The molecule has 0 aliphatic heterocycles. The van der Waals surface area contributed by atoms with Gasteiger partial charge < -0.3 is 9.88 Å². The summed E-state index contributed by atoms with van der Waals surface area (Å²) in [5, 5.41) is 4.42. The number of nitrogens with zero attached hydrogens (tertiary/aromatic N) is 3. The standard InChI is InChI=1S/C20H23ClN4O/c1-4-5-8-11-22-20(26)17-12-15(14-9-6-7-10-16(14)24-17)18-19(21)25(3)13(2)23-18/h6-7,9-10,12H,4-5,8,11H2,1-3H3,(H,22,26). The maximum Gasteiger partial charge on any atom is 0.269 e. The van der Waals surface area contributed by atoms with Gasteiger partial charge in [0.25, 0.3) is 5.91 Å². The Morgan fingerprint density at radius 1 is 1.23 bits per heavy atom. The molecule has 3 aromatic rings. The third-order valence-electron chi connectivity index (χ3n) is 4.52. The van der Waals surface area contributed by atoms with E-state index in [0.717, 1.165) is 41.6 Å². The molecule has 0 radical (unpaired) electrons. The second-order valence-electron chi connectivity index (χ2n) is 6.39. The summed E-state index contributed by atoms with van der Waals surface area (Å²) >= 11 is 6.48. The van der Waals surface area contributed by atoms with Crippen molar-refractivity contribution in [2.24, 2.45) is 7.05 Å². The topological polar surface area (TPSA) is 59.8 Å². The van der Waals surface area contributed by atoms with Crippen LogP contribution < -0.4 is 5.32 Å². The predicted octanol–water partition coefficient (Wildman–Crippen LogP) is 4.52. The number of imidazole rings is 1. The lowest BCUT2D eigenvalue weighted by atomic mass is 10.0. The van der Waals surface area contributed by atoms with Crippen molar-refractivity contribution in [1.29, 1.82) is 0 Å². The molecule has 0 aliphatic rings. The summed E-state index contributed by atoms with van der Waals surface area (Å²) in [4.78, 5) is 21.7. The third kappa shape index (κ3) is 3.58. The highest BCUT2D eigenvalue weighted by Crippen LogP contribution is 2.33. The molecule has 26 heavy (non-hydrogen) atoms. The van der Waals surface area contributed by atoms with E-state index in [-0.39, 0.29) is 5.91 Å². The van der Waals surface area contributed by atoms with Gasteiger partial charge in [0.15, 0.2) is 0 Å². The molecule has 0 aliphatic carbocycles. The maximum atomic E-state index is 12.6. The number of fused-ring (bicyclic) bond motifs is 1. The van der Waals surface area contributed by atoms with E-state index in [4.69, 9.17) is 11.6 Å². The summed E-state index contributed by atoms with van der Waals surface area (Å²) in [6, 6.07) is 9.51. The zero-order chi connectivity index (χ0) is 18.7. The lowest BCUT2D eigenvalue weighted by Crippen LogP contribution is -2.25. The third-order valence-corrected chi connectivity index (χ3v) is 4.95. The number of rotatable bonds is 6. The summed E-state index contributed by atoms with van der Waals surface area (Å²) in [7, 11) is 1.87. The van der Waals surface area contributed by atoms with Gasteiger partial charge in [0.1, 0.15) is 22.4 Å². The van der Waals surface area contributed by atoms with Gasteiger partial charge >= 0.3 is 0 Å². The summed E-state index contributed by atoms with van der Waals surface area (Å²) in [5.74, 6) is 0.647. The predicted molar refractivity (Wildman–Crippen MR) is 106 cm³/mol. The van der Waals surface area contributed by atoms with E-state index < -0.39 is 0 Å². The minimum atomic E-state index is -0.170. The van der Waals surface area contributed by atoms with Crippen molar-refractivity contribution in [2.75, 3.05) is 6.54 Å². The van der Waals surface area contributed by atoms with E-state index in [2.05, 4.69) is 22.2 Å².